The van der Waals surface area contributed by atoms with Crippen molar-refractivity contribution in [2.75, 3.05) is 62.4 Å². The van der Waals surface area contributed by atoms with Gasteiger partial charge in [0.05, 0.1) is 29.3 Å². The number of carbonyl (C=O) groups is 3. The molecule has 284 valence electrons. The lowest BCUT2D eigenvalue weighted by atomic mass is 9.71. The van der Waals surface area contributed by atoms with Gasteiger partial charge in [-0.1, -0.05) is 12.8 Å². The van der Waals surface area contributed by atoms with Crippen molar-refractivity contribution in [1.29, 1.82) is 0 Å². The van der Waals surface area contributed by atoms with Crippen LogP contribution in [0.3, 0.4) is 0 Å². The van der Waals surface area contributed by atoms with Crippen LogP contribution < -0.4 is 20.4 Å². The molecule has 0 atom stereocenters. The van der Waals surface area contributed by atoms with E-state index in [1.807, 2.05) is 24.4 Å². The molecule has 2 aliphatic heterocycles. The Morgan fingerprint density at radius 2 is 1.80 bits per heavy atom. The number of halogens is 1. The van der Waals surface area contributed by atoms with E-state index in [1.54, 1.807) is 44.5 Å². The number of carbonyl (C=O) groups excluding carboxylic acids is 3. The van der Waals surface area contributed by atoms with Crippen LogP contribution in [0.4, 0.5) is 27.5 Å². The predicted molar refractivity (Wildman–Crippen MR) is 207 cm³/mol. The number of pyridine rings is 1. The second-order valence-corrected chi connectivity index (χ2v) is 14.9. The fourth-order valence-electron chi connectivity index (χ4n) is 7.91. The molecule has 1 saturated carbocycles. The summed E-state index contributed by atoms with van der Waals surface area (Å²) in [5.41, 5.74) is 4.15. The highest BCUT2D eigenvalue weighted by molar-refractivity contribution is 5.98. The quantitative estimate of drug-likeness (QED) is 0.122. The zero-order valence-electron chi connectivity index (χ0n) is 31.1. The molecule has 0 bridgehead atoms. The Hall–Kier alpha value is -5.60. The Bertz CT molecular complexity index is 2110. The molecule has 54 heavy (non-hydrogen) atoms. The molecule has 3 N–H and O–H groups in total. The minimum absolute atomic E-state index is 0.00292. The van der Waals surface area contributed by atoms with Gasteiger partial charge >= 0.3 is 0 Å². The minimum Gasteiger partial charge on any atom is -0.370 e. The lowest BCUT2D eigenvalue weighted by Gasteiger charge is -2.55. The number of unbranched alkanes of at least 4 members (excludes halogenated alkanes) is 1. The SMILES string of the molecule is CN(C)C(=O)c1cc2cnc(Nc3ccc(N4CCC5(CC4)CN(c4cc6cn[nH]c6cc4F)C5)cn3)nc2n1C1CCCC1.CNC(=O)CCCC=O. The molecule has 1 aromatic carbocycles. The number of nitrogens with zero attached hydrogens (tertiary/aromatic N) is 8. The van der Waals surface area contributed by atoms with E-state index in [0.717, 1.165) is 98.6 Å². The Labute approximate surface area is 313 Å². The maximum absolute atomic E-state index is 14.8. The molecular weight excluding hydrogens is 690 g/mol. The lowest BCUT2D eigenvalue weighted by molar-refractivity contribution is -0.120. The monoisotopic (exact) mass is 737 g/mol. The number of benzene rings is 1. The number of nitrogens with one attached hydrogen (secondary N) is 3. The molecule has 1 aliphatic carbocycles. The van der Waals surface area contributed by atoms with Crippen molar-refractivity contribution >= 4 is 63.2 Å². The Morgan fingerprint density at radius 3 is 2.48 bits per heavy atom. The molecule has 0 unspecified atom stereocenters. The van der Waals surface area contributed by atoms with Gasteiger partial charge in [0.25, 0.3) is 5.91 Å². The number of H-pyrrole nitrogens is 1. The van der Waals surface area contributed by atoms with Gasteiger partial charge < -0.3 is 34.7 Å². The Morgan fingerprint density at radius 1 is 1.02 bits per heavy atom. The van der Waals surface area contributed by atoms with Gasteiger partial charge in [0, 0.05) is 94.7 Å². The smallest absolute Gasteiger partial charge is 0.270 e. The van der Waals surface area contributed by atoms with Gasteiger partial charge in [0.15, 0.2) is 0 Å². The van der Waals surface area contributed by atoms with Crippen LogP contribution in [-0.4, -0.2) is 100 Å². The minimum atomic E-state index is -0.198. The summed E-state index contributed by atoms with van der Waals surface area (Å²) in [4.78, 5) is 53.4. The van der Waals surface area contributed by atoms with Gasteiger partial charge in [0.2, 0.25) is 11.9 Å². The third-order valence-corrected chi connectivity index (χ3v) is 11.0. The van der Waals surface area contributed by atoms with E-state index in [9.17, 15) is 18.8 Å². The first-order valence-corrected chi connectivity index (χ1v) is 18.8. The number of aromatic amines is 1. The van der Waals surface area contributed by atoms with Crippen LogP contribution in [0, 0.1) is 11.2 Å². The zero-order chi connectivity index (χ0) is 37.8. The van der Waals surface area contributed by atoms with Crippen molar-refractivity contribution < 1.29 is 18.8 Å². The first-order chi connectivity index (χ1) is 26.2. The number of fused-ring (bicyclic) bond motifs is 2. The van der Waals surface area contributed by atoms with E-state index < -0.39 is 0 Å². The third kappa shape index (κ3) is 7.71. The molecular formula is C39H48FN11O3. The summed E-state index contributed by atoms with van der Waals surface area (Å²) >= 11 is 0. The summed E-state index contributed by atoms with van der Waals surface area (Å²) in [6.07, 6.45) is 14.4. The van der Waals surface area contributed by atoms with Crippen molar-refractivity contribution in [1.82, 2.24) is 39.9 Å². The van der Waals surface area contributed by atoms with Crippen molar-refractivity contribution in [3.63, 3.8) is 0 Å². The lowest BCUT2D eigenvalue weighted by Crippen LogP contribution is -2.60. The predicted octanol–water partition coefficient (Wildman–Crippen LogP) is 5.61. The number of anilines is 4. The van der Waals surface area contributed by atoms with Gasteiger partial charge in [-0.3, -0.25) is 14.7 Å². The maximum Gasteiger partial charge on any atom is 0.270 e. The van der Waals surface area contributed by atoms with E-state index in [4.69, 9.17) is 4.98 Å². The van der Waals surface area contributed by atoms with Crippen molar-refractivity contribution in [2.24, 2.45) is 5.41 Å². The Balaban J connectivity index is 0.000000447. The topological polar surface area (TPSA) is 157 Å². The Kier molecular flexibility index (Phi) is 10.7. The number of aromatic nitrogens is 6. The standard InChI is InChI=1S/C33H37FN10O.C6H11NO2/c1-41(2)31(45)28-14-22-16-36-32(39-30(22)44(28)23-5-3-4-6-23)38-29-8-7-24(18-35-29)42-11-9-33(10-12-42)19-43(20-33)27-13-21-17-37-40-26(21)15-25(27)34;1-7-6(9)4-2-3-5-8/h7-8,13-18,23H,3-6,9-12,19-20H2,1-2H3,(H,37,40)(H,35,36,38,39);5H,2-4H2,1H3,(H,7,9). The maximum atomic E-state index is 14.8. The van der Waals surface area contributed by atoms with Crippen molar-refractivity contribution in [3.05, 3.63) is 60.4 Å². The van der Waals surface area contributed by atoms with Crippen LogP contribution in [0.5, 0.6) is 0 Å². The summed E-state index contributed by atoms with van der Waals surface area (Å²) in [7, 11) is 5.15. The van der Waals surface area contributed by atoms with Gasteiger partial charge in [-0.05, 0) is 56.4 Å². The molecule has 2 amide bonds. The van der Waals surface area contributed by atoms with Crippen LogP contribution in [0.15, 0.2) is 48.9 Å². The fraction of sp³-hybridized carbons (Fsp3) is 0.462. The van der Waals surface area contributed by atoms with Crippen LogP contribution in [0.1, 0.15) is 74.3 Å². The summed E-state index contributed by atoms with van der Waals surface area (Å²) in [6, 6.07) is 9.67. The second-order valence-electron chi connectivity index (χ2n) is 14.9. The van der Waals surface area contributed by atoms with Crippen LogP contribution in [-0.2, 0) is 9.59 Å². The summed E-state index contributed by atoms with van der Waals surface area (Å²) in [6.45, 7) is 3.64. The average Bonchev–Trinajstić information content (AvgIpc) is 3.94. The summed E-state index contributed by atoms with van der Waals surface area (Å²) < 4.78 is 16.9. The van der Waals surface area contributed by atoms with Gasteiger partial charge in [-0.15, -0.1) is 0 Å². The van der Waals surface area contributed by atoms with E-state index in [1.165, 1.54) is 0 Å². The summed E-state index contributed by atoms with van der Waals surface area (Å²) in [5, 5.41) is 14.4. The molecule has 8 rings (SSSR count). The van der Waals surface area contributed by atoms with Crippen LogP contribution >= 0.6 is 0 Å². The van der Waals surface area contributed by atoms with E-state index in [-0.39, 0.29) is 29.1 Å². The van der Waals surface area contributed by atoms with Crippen molar-refractivity contribution in [2.45, 2.75) is 63.8 Å². The fourth-order valence-corrected chi connectivity index (χ4v) is 7.91. The highest BCUT2D eigenvalue weighted by atomic mass is 19.1. The average molecular weight is 738 g/mol. The molecule has 3 aliphatic rings. The molecule has 6 heterocycles. The molecule has 0 radical (unpaired) electrons. The normalized spacial score (nSPS) is 16.6. The zero-order valence-corrected chi connectivity index (χ0v) is 31.1. The van der Waals surface area contributed by atoms with Crippen LogP contribution in [0.2, 0.25) is 0 Å². The molecule has 3 fully saturated rings. The molecule has 2 saturated heterocycles. The van der Waals surface area contributed by atoms with Gasteiger partial charge in [0.1, 0.15) is 29.3 Å². The van der Waals surface area contributed by atoms with Crippen molar-refractivity contribution in [3.8, 4) is 0 Å². The summed E-state index contributed by atoms with van der Waals surface area (Å²) in [5.74, 6) is 0.905. The number of hydrogen-bond donors (Lipinski definition) is 3. The van der Waals surface area contributed by atoms with Gasteiger partial charge in [-0.2, -0.15) is 10.1 Å². The first kappa shape index (κ1) is 36.7. The number of piperidine rings is 1. The van der Waals surface area contributed by atoms with Gasteiger partial charge in [-0.25, -0.2) is 14.4 Å². The van der Waals surface area contributed by atoms with E-state index >= 15 is 0 Å². The molecule has 15 heteroatoms. The first-order valence-electron chi connectivity index (χ1n) is 18.8. The molecule has 14 nitrogen and oxygen atoms in total. The highest BCUT2D eigenvalue weighted by Gasteiger charge is 2.45. The molecule has 5 aromatic rings. The number of hydrogen-bond acceptors (Lipinski definition) is 10. The number of aldehydes is 1. The van der Waals surface area contributed by atoms with Crippen LogP contribution in [0.25, 0.3) is 21.9 Å². The largest absolute Gasteiger partial charge is 0.370 e. The highest BCUT2D eigenvalue weighted by Crippen LogP contribution is 2.44. The third-order valence-electron chi connectivity index (χ3n) is 11.0. The molecule has 1 spiro atoms. The van der Waals surface area contributed by atoms with E-state index in [2.05, 4.69) is 51.2 Å². The number of rotatable bonds is 10. The number of amides is 2. The molecule has 4 aromatic heterocycles. The van der Waals surface area contributed by atoms with E-state index in [0.29, 0.717) is 42.4 Å². The second kappa shape index (κ2) is 15.8.